The van der Waals surface area contributed by atoms with Crippen molar-refractivity contribution in [2.24, 2.45) is 5.92 Å². The monoisotopic (exact) mass is 241 g/mol. The zero-order chi connectivity index (χ0) is 11.5. The van der Waals surface area contributed by atoms with E-state index in [1.807, 2.05) is 6.07 Å². The molecule has 0 aromatic heterocycles. The maximum Gasteiger partial charge on any atom is 0.142 e. The zero-order valence-electron chi connectivity index (χ0n) is 9.47. The fourth-order valence-electron chi connectivity index (χ4n) is 1.81. The molecule has 1 aromatic carbocycles. The molecule has 0 heterocycles. The molecule has 3 heteroatoms. The van der Waals surface area contributed by atoms with E-state index in [4.69, 9.17) is 11.6 Å². The zero-order valence-corrected chi connectivity index (χ0v) is 10.2. The van der Waals surface area contributed by atoms with Crippen molar-refractivity contribution in [1.29, 1.82) is 0 Å². The smallest absolute Gasteiger partial charge is 0.142 e. The standard InChI is InChI=1S/C13H17ClFN/c1-9(16-7-6-10-2-3-10)11-4-5-12(14)13(15)8-11/h4-5,8-10,16H,2-3,6-7H2,1H3. The first-order chi connectivity index (χ1) is 7.66. The summed E-state index contributed by atoms with van der Waals surface area (Å²) in [4.78, 5) is 0. The van der Waals surface area contributed by atoms with Crippen LogP contribution in [0.5, 0.6) is 0 Å². The molecule has 16 heavy (non-hydrogen) atoms. The molecule has 1 fully saturated rings. The number of hydrogen-bond donors (Lipinski definition) is 1. The van der Waals surface area contributed by atoms with Crippen LogP contribution in [0.25, 0.3) is 0 Å². The van der Waals surface area contributed by atoms with E-state index in [0.29, 0.717) is 0 Å². The van der Waals surface area contributed by atoms with Gasteiger partial charge in [0, 0.05) is 6.04 Å². The van der Waals surface area contributed by atoms with Gasteiger partial charge >= 0.3 is 0 Å². The van der Waals surface area contributed by atoms with E-state index in [1.165, 1.54) is 25.3 Å². The quantitative estimate of drug-likeness (QED) is 0.824. The second-order valence-corrected chi connectivity index (χ2v) is 4.99. The molecule has 1 aliphatic carbocycles. The van der Waals surface area contributed by atoms with Gasteiger partial charge in [-0.1, -0.05) is 30.5 Å². The van der Waals surface area contributed by atoms with Crippen LogP contribution in [-0.4, -0.2) is 6.54 Å². The first-order valence-corrected chi connectivity index (χ1v) is 6.23. The Balaban J connectivity index is 1.86. The van der Waals surface area contributed by atoms with Gasteiger partial charge in [-0.25, -0.2) is 4.39 Å². The molecule has 0 bridgehead atoms. The Morgan fingerprint density at radius 1 is 1.50 bits per heavy atom. The fourth-order valence-corrected chi connectivity index (χ4v) is 1.93. The van der Waals surface area contributed by atoms with E-state index in [9.17, 15) is 4.39 Å². The molecule has 0 aliphatic heterocycles. The normalized spacial score (nSPS) is 17.4. The number of nitrogens with one attached hydrogen (secondary N) is 1. The van der Waals surface area contributed by atoms with Gasteiger partial charge in [-0.05, 0) is 43.5 Å². The molecule has 1 atom stereocenters. The lowest BCUT2D eigenvalue weighted by molar-refractivity contribution is 0.535. The maximum atomic E-state index is 13.2. The average molecular weight is 242 g/mol. The van der Waals surface area contributed by atoms with Gasteiger partial charge in [-0.15, -0.1) is 0 Å². The molecule has 1 saturated carbocycles. The largest absolute Gasteiger partial charge is 0.310 e. The van der Waals surface area contributed by atoms with E-state index in [0.717, 1.165) is 18.0 Å². The highest BCUT2D eigenvalue weighted by atomic mass is 35.5. The average Bonchev–Trinajstić information content (AvgIpc) is 3.06. The van der Waals surface area contributed by atoms with Crippen molar-refractivity contribution in [3.05, 3.63) is 34.6 Å². The summed E-state index contributed by atoms with van der Waals surface area (Å²) in [6.45, 7) is 3.06. The molecule has 0 amide bonds. The highest BCUT2D eigenvalue weighted by molar-refractivity contribution is 6.30. The van der Waals surface area contributed by atoms with E-state index in [2.05, 4.69) is 12.2 Å². The van der Waals surface area contributed by atoms with Crippen molar-refractivity contribution in [2.75, 3.05) is 6.54 Å². The lowest BCUT2D eigenvalue weighted by atomic mass is 10.1. The summed E-state index contributed by atoms with van der Waals surface area (Å²) in [5.41, 5.74) is 0.956. The van der Waals surface area contributed by atoms with Gasteiger partial charge in [0.25, 0.3) is 0 Å². The van der Waals surface area contributed by atoms with Crippen molar-refractivity contribution in [1.82, 2.24) is 5.32 Å². The van der Waals surface area contributed by atoms with Crippen LogP contribution in [0.2, 0.25) is 5.02 Å². The lowest BCUT2D eigenvalue weighted by Gasteiger charge is -2.14. The summed E-state index contributed by atoms with van der Waals surface area (Å²) in [5, 5.41) is 3.60. The third-order valence-electron chi connectivity index (χ3n) is 3.14. The molecule has 1 N–H and O–H groups in total. The van der Waals surface area contributed by atoms with Gasteiger partial charge in [0.1, 0.15) is 5.82 Å². The highest BCUT2D eigenvalue weighted by Crippen LogP contribution is 2.32. The summed E-state index contributed by atoms with van der Waals surface area (Å²) in [7, 11) is 0. The summed E-state index contributed by atoms with van der Waals surface area (Å²) in [5.74, 6) is 0.594. The van der Waals surface area contributed by atoms with Gasteiger partial charge in [0.15, 0.2) is 0 Å². The predicted octanol–water partition coefficient (Wildman–Crippen LogP) is 3.93. The van der Waals surface area contributed by atoms with Gasteiger partial charge in [0.05, 0.1) is 5.02 Å². The van der Waals surface area contributed by atoms with Crippen LogP contribution in [0, 0.1) is 11.7 Å². The van der Waals surface area contributed by atoms with Crippen LogP contribution in [-0.2, 0) is 0 Å². The summed E-state index contributed by atoms with van der Waals surface area (Å²) in [6.07, 6.45) is 4.00. The number of rotatable bonds is 5. The topological polar surface area (TPSA) is 12.0 Å². The van der Waals surface area contributed by atoms with E-state index >= 15 is 0 Å². The minimum Gasteiger partial charge on any atom is -0.310 e. The molecule has 0 spiro atoms. The molecule has 1 aliphatic rings. The molecule has 2 rings (SSSR count). The van der Waals surface area contributed by atoms with E-state index in [-0.39, 0.29) is 16.9 Å². The third-order valence-corrected chi connectivity index (χ3v) is 3.45. The predicted molar refractivity (Wildman–Crippen MR) is 65.2 cm³/mol. The maximum absolute atomic E-state index is 13.2. The van der Waals surface area contributed by atoms with Crippen LogP contribution >= 0.6 is 11.6 Å². The van der Waals surface area contributed by atoms with Gasteiger partial charge in [-0.2, -0.15) is 0 Å². The molecule has 0 radical (unpaired) electrons. The van der Waals surface area contributed by atoms with Crippen LogP contribution in [0.4, 0.5) is 4.39 Å². The first-order valence-electron chi connectivity index (χ1n) is 5.85. The Bertz CT molecular complexity index is 363. The van der Waals surface area contributed by atoms with E-state index < -0.39 is 0 Å². The molecule has 1 unspecified atom stereocenters. The van der Waals surface area contributed by atoms with Crippen molar-refractivity contribution < 1.29 is 4.39 Å². The van der Waals surface area contributed by atoms with Crippen LogP contribution < -0.4 is 5.32 Å². The molecule has 1 aromatic rings. The Labute approximate surface area is 101 Å². The Kier molecular flexibility index (Phi) is 3.82. The van der Waals surface area contributed by atoms with Crippen LogP contribution in [0.15, 0.2) is 18.2 Å². The number of halogens is 2. The summed E-state index contributed by atoms with van der Waals surface area (Å²) >= 11 is 5.64. The third kappa shape index (κ3) is 3.19. The van der Waals surface area contributed by atoms with E-state index in [1.54, 1.807) is 6.07 Å². The van der Waals surface area contributed by atoms with Crippen LogP contribution in [0.3, 0.4) is 0 Å². The van der Waals surface area contributed by atoms with Crippen LogP contribution in [0.1, 0.15) is 37.8 Å². The van der Waals surface area contributed by atoms with Gasteiger partial charge < -0.3 is 5.32 Å². The Morgan fingerprint density at radius 2 is 2.25 bits per heavy atom. The molecular weight excluding hydrogens is 225 g/mol. The van der Waals surface area contributed by atoms with Crippen molar-refractivity contribution in [2.45, 2.75) is 32.2 Å². The first kappa shape index (κ1) is 11.9. The van der Waals surface area contributed by atoms with Gasteiger partial charge in [0.2, 0.25) is 0 Å². The Morgan fingerprint density at radius 3 is 2.88 bits per heavy atom. The molecular formula is C13H17ClFN. The molecule has 88 valence electrons. The van der Waals surface area contributed by atoms with Gasteiger partial charge in [-0.3, -0.25) is 0 Å². The van der Waals surface area contributed by atoms with Crippen molar-refractivity contribution >= 4 is 11.6 Å². The minimum absolute atomic E-state index is 0.186. The second-order valence-electron chi connectivity index (χ2n) is 4.58. The molecule has 0 saturated heterocycles. The highest BCUT2D eigenvalue weighted by Gasteiger charge is 2.20. The molecule has 1 nitrogen and oxygen atoms in total. The second kappa shape index (κ2) is 5.15. The Hall–Kier alpha value is -0.600. The minimum atomic E-state index is -0.338. The fraction of sp³-hybridized carbons (Fsp3) is 0.538. The summed E-state index contributed by atoms with van der Waals surface area (Å²) < 4.78 is 13.2. The lowest BCUT2D eigenvalue weighted by Crippen LogP contribution is -2.20. The van der Waals surface area contributed by atoms with Crippen molar-refractivity contribution in [3.63, 3.8) is 0 Å². The number of benzene rings is 1. The van der Waals surface area contributed by atoms with Crippen molar-refractivity contribution in [3.8, 4) is 0 Å². The SMILES string of the molecule is CC(NCCC1CC1)c1ccc(Cl)c(F)c1. The summed E-state index contributed by atoms with van der Waals surface area (Å²) in [6, 6.07) is 5.19. The number of hydrogen-bond acceptors (Lipinski definition) is 1.